The quantitative estimate of drug-likeness (QED) is 0.262. The van der Waals surface area contributed by atoms with Crippen molar-refractivity contribution in [1.82, 2.24) is 0 Å². The van der Waals surface area contributed by atoms with E-state index in [1.807, 2.05) is 0 Å². The molecule has 0 aromatic rings. The summed E-state index contributed by atoms with van der Waals surface area (Å²) in [5.74, 6) is 0. The van der Waals surface area contributed by atoms with Gasteiger partial charge in [0.25, 0.3) is 0 Å². The standard InChI is InChI=1S/FH.2Mg.H3O4P/c;;;1-5(2,3)4/h1H;;;(H3,1,2,3,4)/q;2*+2;/p-4. The van der Waals surface area contributed by atoms with E-state index < -0.39 is 7.82 Å². The van der Waals surface area contributed by atoms with Gasteiger partial charge in [0.2, 0.25) is 0 Å². The largest absolute Gasteiger partial charge is 2.00 e. The van der Waals surface area contributed by atoms with Gasteiger partial charge in [0.1, 0.15) is 0 Å². The Balaban J connectivity index is -0.0000000267. The van der Waals surface area contributed by atoms with Crippen molar-refractivity contribution in [3.05, 3.63) is 0 Å². The summed E-state index contributed by atoms with van der Waals surface area (Å²) in [6.45, 7) is 0. The van der Waals surface area contributed by atoms with Gasteiger partial charge in [-0.25, -0.2) is 0 Å². The minimum absolute atomic E-state index is 0. The molecule has 0 spiro atoms. The van der Waals surface area contributed by atoms with Gasteiger partial charge < -0.3 is 23.9 Å². The minimum atomic E-state index is -5.39. The zero-order chi connectivity index (χ0) is 4.50. The van der Waals surface area contributed by atoms with Gasteiger partial charge in [0.05, 0.1) is 0 Å². The fourth-order valence-corrected chi connectivity index (χ4v) is 0. The Labute approximate surface area is 77.6 Å². The maximum absolute atomic E-state index is 8.55. The number of phosphoric acid groups is 1. The van der Waals surface area contributed by atoms with Crippen LogP contribution in [0.5, 0.6) is 0 Å². The molecule has 0 bridgehead atoms. The van der Waals surface area contributed by atoms with Crippen molar-refractivity contribution in [2.24, 2.45) is 0 Å². The van der Waals surface area contributed by atoms with E-state index in [9.17, 15) is 0 Å². The van der Waals surface area contributed by atoms with Gasteiger partial charge in [0.15, 0.2) is 0 Å². The second-order valence-electron chi connectivity index (χ2n) is 0.447. The van der Waals surface area contributed by atoms with Crippen LogP contribution in [0.4, 0.5) is 0 Å². The van der Waals surface area contributed by atoms with Crippen LogP contribution in [0.3, 0.4) is 0 Å². The van der Waals surface area contributed by atoms with Gasteiger partial charge in [-0.3, -0.25) is 0 Å². The van der Waals surface area contributed by atoms with Crippen LogP contribution in [0.15, 0.2) is 0 Å². The molecule has 0 saturated carbocycles. The van der Waals surface area contributed by atoms with Crippen LogP contribution in [-0.4, -0.2) is 46.1 Å². The van der Waals surface area contributed by atoms with Gasteiger partial charge in [0, 0.05) is 0 Å². The number of hydrogen-bond acceptors (Lipinski definition) is 4. The zero-order valence-electron chi connectivity index (χ0n) is 3.87. The summed E-state index contributed by atoms with van der Waals surface area (Å²) < 4.78 is 8.55. The van der Waals surface area contributed by atoms with Gasteiger partial charge >= 0.3 is 46.1 Å². The Morgan fingerprint density at radius 1 is 1.00 bits per heavy atom. The van der Waals surface area contributed by atoms with E-state index in [-0.39, 0.29) is 50.8 Å². The Hall–Kier alpha value is 1.57. The van der Waals surface area contributed by atoms with E-state index in [0.29, 0.717) is 0 Å². The van der Waals surface area contributed by atoms with Crippen molar-refractivity contribution in [2.75, 3.05) is 0 Å². The summed E-state index contributed by atoms with van der Waals surface area (Å²) in [5.41, 5.74) is 0. The smallest absolute Gasteiger partial charge is 1.00 e. The molecule has 0 radical (unpaired) electrons. The predicted molar refractivity (Wildman–Crippen MR) is 19.1 cm³/mol. The summed E-state index contributed by atoms with van der Waals surface area (Å²) in [5, 5.41) is 0. The average molecular weight is 163 g/mol. The van der Waals surface area contributed by atoms with Crippen molar-refractivity contribution >= 4 is 53.9 Å². The first kappa shape index (κ1) is 22.7. The van der Waals surface area contributed by atoms with Crippen LogP contribution in [0, 0.1) is 0 Å². The Bertz CT molecular complexity index is 60.2. The first-order valence-electron chi connectivity index (χ1n) is 0.730. The SMILES string of the molecule is O=P([O-])([O-])[O-].[F-].[Mg+2].[Mg+2]. The molecule has 0 aliphatic carbocycles. The van der Waals surface area contributed by atoms with Gasteiger partial charge in [-0.05, 0) is 0 Å². The number of halogens is 1. The van der Waals surface area contributed by atoms with Gasteiger partial charge in [-0.2, -0.15) is 7.82 Å². The maximum atomic E-state index is 8.55. The van der Waals surface area contributed by atoms with E-state index in [4.69, 9.17) is 19.2 Å². The molecule has 0 aromatic carbocycles. The molecule has 4 nitrogen and oxygen atoms in total. The summed E-state index contributed by atoms with van der Waals surface area (Å²) in [6, 6.07) is 0. The van der Waals surface area contributed by atoms with Crippen molar-refractivity contribution in [2.45, 2.75) is 0 Å². The third kappa shape index (κ3) is 132. The second kappa shape index (κ2) is 8.57. The molecule has 0 N–H and O–H groups in total. The molecule has 0 unspecified atom stereocenters. The molecule has 0 amide bonds. The second-order valence-corrected chi connectivity index (χ2v) is 1.34. The van der Waals surface area contributed by atoms with Crippen molar-refractivity contribution < 1.29 is 23.9 Å². The Morgan fingerprint density at radius 3 is 1.00 bits per heavy atom. The molecule has 8 heteroatoms. The third-order valence-electron chi connectivity index (χ3n) is 0. The molecule has 0 saturated heterocycles. The van der Waals surface area contributed by atoms with E-state index in [1.165, 1.54) is 0 Å². The summed E-state index contributed by atoms with van der Waals surface area (Å²) in [7, 11) is -5.39. The summed E-state index contributed by atoms with van der Waals surface area (Å²) in [6.07, 6.45) is 0. The molecular weight excluding hydrogens is 163 g/mol. The van der Waals surface area contributed by atoms with Crippen molar-refractivity contribution in [3.63, 3.8) is 0 Å². The predicted octanol–water partition coefficient (Wildman–Crippen LogP) is -6.58. The fraction of sp³-hybridized carbons (Fsp3) is 0. The Morgan fingerprint density at radius 2 is 1.00 bits per heavy atom. The molecular formula is FMg2O4P. The van der Waals surface area contributed by atoms with Crippen LogP contribution >= 0.6 is 7.82 Å². The van der Waals surface area contributed by atoms with Crippen molar-refractivity contribution in [3.8, 4) is 0 Å². The van der Waals surface area contributed by atoms with E-state index in [2.05, 4.69) is 0 Å². The third-order valence-corrected chi connectivity index (χ3v) is 0. The first-order valence-corrected chi connectivity index (χ1v) is 2.19. The van der Waals surface area contributed by atoms with Gasteiger partial charge in [-0.15, -0.1) is 0 Å². The molecule has 0 rings (SSSR count). The number of rotatable bonds is 0. The average Bonchev–Trinajstić information content (AvgIpc) is 0.722. The molecule has 0 aliphatic heterocycles. The fourth-order valence-electron chi connectivity index (χ4n) is 0. The van der Waals surface area contributed by atoms with Crippen LogP contribution in [0.2, 0.25) is 0 Å². The normalized spacial score (nSPS) is 7.38. The Kier molecular flexibility index (Phi) is 24.3. The van der Waals surface area contributed by atoms with Crippen LogP contribution in [0.25, 0.3) is 0 Å². The monoisotopic (exact) mass is 162 g/mol. The molecule has 0 heterocycles. The van der Waals surface area contributed by atoms with Crippen LogP contribution in [0.1, 0.15) is 0 Å². The van der Waals surface area contributed by atoms with Crippen LogP contribution in [-0.2, 0) is 4.57 Å². The molecule has 0 aromatic heterocycles. The molecule has 0 fully saturated rings. The van der Waals surface area contributed by atoms with E-state index in [1.54, 1.807) is 0 Å². The molecule has 40 valence electrons. The van der Waals surface area contributed by atoms with E-state index in [0.717, 1.165) is 0 Å². The first-order chi connectivity index (χ1) is 2.00. The summed E-state index contributed by atoms with van der Waals surface area (Å²) >= 11 is 0. The van der Waals surface area contributed by atoms with E-state index >= 15 is 0 Å². The topological polar surface area (TPSA) is 86.2 Å². The summed E-state index contributed by atoms with van der Waals surface area (Å²) in [4.78, 5) is 25.6. The maximum Gasteiger partial charge on any atom is 2.00 e. The van der Waals surface area contributed by atoms with Crippen molar-refractivity contribution in [1.29, 1.82) is 0 Å². The zero-order valence-corrected chi connectivity index (χ0v) is 7.60. The minimum Gasteiger partial charge on any atom is -1.00 e. The molecule has 8 heavy (non-hydrogen) atoms. The van der Waals surface area contributed by atoms with Gasteiger partial charge in [-0.1, -0.05) is 0 Å². The number of hydrogen-bond donors (Lipinski definition) is 0. The molecule has 0 aliphatic rings. The van der Waals surface area contributed by atoms with Crippen LogP contribution < -0.4 is 19.4 Å². The molecule has 0 atom stereocenters.